The Morgan fingerprint density at radius 1 is 0.571 bits per heavy atom. The van der Waals surface area contributed by atoms with E-state index in [1.165, 1.54) is 75.4 Å². The Morgan fingerprint density at radius 3 is 2.21 bits per heavy atom. The van der Waals surface area contributed by atoms with Gasteiger partial charge in [0, 0.05) is 46.5 Å². The summed E-state index contributed by atoms with van der Waals surface area (Å²) in [5.74, 6) is 0. The molecule has 0 fully saturated rings. The number of benzene rings is 6. The highest BCUT2D eigenvalue weighted by Gasteiger charge is 2.36. The Labute approximate surface area is 256 Å². The molecule has 42 heavy (non-hydrogen) atoms. The molecule has 0 atom stereocenters. The summed E-state index contributed by atoms with van der Waals surface area (Å²) in [4.78, 5) is 0. The van der Waals surface area contributed by atoms with Gasteiger partial charge in [-0.3, -0.25) is 0 Å². The molecule has 1 nitrogen and oxygen atoms in total. The topological polar surface area (TPSA) is 4.93 Å². The largest absolute Gasteiger partial charge is 0.309 e. The van der Waals surface area contributed by atoms with Crippen LogP contribution in [-0.2, 0) is 5.41 Å². The van der Waals surface area contributed by atoms with Crippen LogP contribution in [0.4, 0.5) is 0 Å². The molecule has 0 unspecified atom stereocenters. The molecule has 0 saturated heterocycles. The second-order valence-corrected chi connectivity index (χ2v) is 13.9. The molecule has 2 aromatic heterocycles. The van der Waals surface area contributed by atoms with Crippen LogP contribution in [0.15, 0.2) is 126 Å². The van der Waals surface area contributed by atoms with Crippen LogP contribution >= 0.6 is 27.3 Å². The number of rotatable bonds is 2. The first-order valence-electron chi connectivity index (χ1n) is 14.4. The summed E-state index contributed by atoms with van der Waals surface area (Å²) >= 11 is 5.78. The van der Waals surface area contributed by atoms with Crippen molar-refractivity contribution in [3.8, 4) is 27.9 Å². The zero-order valence-corrected chi connectivity index (χ0v) is 25.7. The van der Waals surface area contributed by atoms with E-state index in [1.54, 1.807) is 0 Å². The van der Waals surface area contributed by atoms with E-state index in [2.05, 4.69) is 156 Å². The average Bonchev–Trinajstić information content (AvgIpc) is 3.62. The van der Waals surface area contributed by atoms with E-state index in [0.717, 1.165) is 10.2 Å². The van der Waals surface area contributed by atoms with Crippen LogP contribution in [-0.4, -0.2) is 4.57 Å². The van der Waals surface area contributed by atoms with E-state index < -0.39 is 0 Å². The van der Waals surface area contributed by atoms with Gasteiger partial charge in [0.25, 0.3) is 0 Å². The van der Waals surface area contributed by atoms with E-state index in [-0.39, 0.29) is 5.41 Å². The Bertz CT molecular complexity index is 2400. The van der Waals surface area contributed by atoms with Gasteiger partial charge in [-0.15, -0.1) is 11.3 Å². The minimum absolute atomic E-state index is 0.0549. The number of para-hydroxylation sites is 1. The predicted molar refractivity (Wildman–Crippen MR) is 184 cm³/mol. The quantitative estimate of drug-likeness (QED) is 0.181. The van der Waals surface area contributed by atoms with Crippen molar-refractivity contribution < 1.29 is 0 Å². The fraction of sp³-hybridized carbons (Fsp3) is 0.0769. The van der Waals surface area contributed by atoms with Crippen molar-refractivity contribution in [2.45, 2.75) is 19.3 Å². The molecule has 1 aliphatic rings. The first-order valence-corrected chi connectivity index (χ1v) is 16.0. The third-order valence-corrected chi connectivity index (χ3v) is 10.9. The van der Waals surface area contributed by atoms with Crippen LogP contribution in [0.1, 0.15) is 25.0 Å². The monoisotopic (exact) mass is 619 g/mol. The molecule has 0 N–H and O–H groups in total. The summed E-state index contributed by atoms with van der Waals surface area (Å²) < 4.78 is 6.20. The molecule has 0 bridgehead atoms. The number of hydrogen-bond acceptors (Lipinski definition) is 1. The molecule has 3 heteroatoms. The molecule has 0 radical (unpaired) electrons. The van der Waals surface area contributed by atoms with Gasteiger partial charge in [-0.25, -0.2) is 0 Å². The minimum Gasteiger partial charge on any atom is -0.309 e. The van der Waals surface area contributed by atoms with E-state index in [9.17, 15) is 0 Å². The normalized spacial score (nSPS) is 13.8. The first kappa shape index (κ1) is 24.4. The molecular formula is C39H26BrNS. The highest BCUT2D eigenvalue weighted by Crippen LogP contribution is 2.51. The summed E-state index contributed by atoms with van der Waals surface area (Å²) in [5.41, 5.74) is 11.6. The smallest absolute Gasteiger partial charge is 0.0544 e. The first-order chi connectivity index (χ1) is 20.5. The number of thiophene rings is 1. The van der Waals surface area contributed by atoms with Crippen molar-refractivity contribution >= 4 is 69.2 Å². The van der Waals surface area contributed by atoms with Gasteiger partial charge in [0.15, 0.2) is 0 Å². The molecule has 1 aliphatic carbocycles. The molecule has 200 valence electrons. The van der Waals surface area contributed by atoms with Crippen molar-refractivity contribution in [2.24, 2.45) is 0 Å². The maximum absolute atomic E-state index is 3.90. The Hall–Kier alpha value is -4.18. The summed E-state index contributed by atoms with van der Waals surface area (Å²) in [6.07, 6.45) is 0. The summed E-state index contributed by atoms with van der Waals surface area (Å²) in [6, 6.07) is 45.0. The van der Waals surface area contributed by atoms with Crippen LogP contribution in [0.5, 0.6) is 0 Å². The Balaban J connectivity index is 1.33. The second-order valence-electron chi connectivity index (χ2n) is 11.9. The molecular weight excluding hydrogens is 594 g/mol. The van der Waals surface area contributed by atoms with Gasteiger partial charge >= 0.3 is 0 Å². The summed E-state index contributed by atoms with van der Waals surface area (Å²) in [6.45, 7) is 4.72. The van der Waals surface area contributed by atoms with Gasteiger partial charge in [-0.05, 0) is 75.8 Å². The zero-order chi connectivity index (χ0) is 28.2. The number of aromatic nitrogens is 1. The molecule has 2 heterocycles. The maximum atomic E-state index is 3.90. The SMILES string of the molecule is CC1(C)c2ccccc2-c2cc3c4ccccc4n(-c4cc(Br)cc(-c5cccc6c5sc5ccccc56)c4)c3cc21. The van der Waals surface area contributed by atoms with Crippen molar-refractivity contribution in [2.75, 3.05) is 0 Å². The van der Waals surface area contributed by atoms with Crippen LogP contribution in [0.2, 0.25) is 0 Å². The number of fused-ring (bicyclic) bond motifs is 9. The lowest BCUT2D eigenvalue weighted by molar-refractivity contribution is 0.661. The van der Waals surface area contributed by atoms with E-state index >= 15 is 0 Å². The minimum atomic E-state index is -0.0549. The second kappa shape index (κ2) is 8.67. The van der Waals surface area contributed by atoms with Crippen LogP contribution in [0.25, 0.3) is 69.9 Å². The highest BCUT2D eigenvalue weighted by molar-refractivity contribution is 9.10. The third-order valence-electron chi connectivity index (χ3n) is 9.23. The van der Waals surface area contributed by atoms with E-state index in [0.29, 0.717) is 0 Å². The molecule has 0 aliphatic heterocycles. The van der Waals surface area contributed by atoms with Crippen molar-refractivity contribution in [1.29, 1.82) is 0 Å². The Morgan fingerprint density at radius 2 is 1.31 bits per heavy atom. The Kier molecular flexibility index (Phi) is 5.04. The maximum Gasteiger partial charge on any atom is 0.0544 e. The fourth-order valence-corrected chi connectivity index (χ4v) is 8.99. The highest BCUT2D eigenvalue weighted by atomic mass is 79.9. The van der Waals surface area contributed by atoms with Crippen LogP contribution in [0.3, 0.4) is 0 Å². The molecule has 0 amide bonds. The summed E-state index contributed by atoms with van der Waals surface area (Å²) in [7, 11) is 0. The van der Waals surface area contributed by atoms with Gasteiger partial charge in [0.2, 0.25) is 0 Å². The van der Waals surface area contributed by atoms with Gasteiger partial charge in [-0.2, -0.15) is 0 Å². The number of hydrogen-bond donors (Lipinski definition) is 0. The number of halogens is 1. The lowest BCUT2D eigenvalue weighted by atomic mass is 9.82. The lowest BCUT2D eigenvalue weighted by Gasteiger charge is -2.21. The van der Waals surface area contributed by atoms with E-state index in [4.69, 9.17) is 0 Å². The standard InChI is InChI=1S/C39H26BrNS/c1-39(2)33-15-6-3-10-27(33)31-21-32-28-11-4-7-16-35(28)41(36(32)22-34(31)39)25-19-23(18-24(40)20-25)26-13-9-14-30-29-12-5-8-17-37(29)42-38(26)30/h3-22H,1-2H3. The van der Waals surface area contributed by atoms with Crippen LogP contribution < -0.4 is 0 Å². The van der Waals surface area contributed by atoms with Gasteiger partial charge in [-0.1, -0.05) is 109 Å². The third kappa shape index (κ3) is 3.29. The molecule has 0 spiro atoms. The fourth-order valence-electron chi connectivity index (χ4n) is 7.27. The van der Waals surface area contributed by atoms with E-state index in [1.807, 2.05) is 11.3 Å². The van der Waals surface area contributed by atoms with Crippen molar-refractivity contribution in [3.05, 3.63) is 137 Å². The summed E-state index contributed by atoms with van der Waals surface area (Å²) in [5, 5.41) is 5.23. The molecule has 8 aromatic rings. The lowest BCUT2D eigenvalue weighted by Crippen LogP contribution is -2.14. The number of nitrogens with zero attached hydrogens (tertiary/aromatic N) is 1. The predicted octanol–water partition coefficient (Wildman–Crippen LogP) is 11.9. The molecule has 0 saturated carbocycles. The van der Waals surface area contributed by atoms with Crippen molar-refractivity contribution in [1.82, 2.24) is 4.57 Å². The van der Waals surface area contributed by atoms with Crippen molar-refractivity contribution in [3.63, 3.8) is 0 Å². The van der Waals surface area contributed by atoms with Gasteiger partial charge < -0.3 is 4.57 Å². The van der Waals surface area contributed by atoms with Crippen LogP contribution in [0, 0.1) is 0 Å². The van der Waals surface area contributed by atoms with Gasteiger partial charge in [0.05, 0.1) is 11.0 Å². The zero-order valence-electron chi connectivity index (χ0n) is 23.3. The molecule has 6 aromatic carbocycles. The van der Waals surface area contributed by atoms with Gasteiger partial charge in [0.1, 0.15) is 0 Å². The average molecular weight is 621 g/mol. The molecule has 9 rings (SSSR count).